The number of amides is 1. The van der Waals surface area contributed by atoms with Gasteiger partial charge in [-0.1, -0.05) is 31.4 Å². The van der Waals surface area contributed by atoms with Crippen molar-refractivity contribution in [3.63, 3.8) is 0 Å². The van der Waals surface area contributed by atoms with E-state index in [4.69, 9.17) is 9.84 Å². The fraction of sp³-hybridized carbons (Fsp3) is 0.529. The van der Waals surface area contributed by atoms with E-state index in [1.54, 1.807) is 12.1 Å². The highest BCUT2D eigenvalue weighted by atomic mass is 16.5. The first kappa shape index (κ1) is 18.0. The van der Waals surface area contributed by atoms with Crippen molar-refractivity contribution in [3.8, 4) is 5.75 Å². The first-order chi connectivity index (χ1) is 10.6. The first-order valence-corrected chi connectivity index (χ1v) is 7.87. The summed E-state index contributed by atoms with van der Waals surface area (Å²) in [5, 5.41) is 11.3. The van der Waals surface area contributed by atoms with Gasteiger partial charge in [-0.3, -0.25) is 9.59 Å². The second-order valence-corrected chi connectivity index (χ2v) is 5.12. The average molecular weight is 307 g/mol. The highest BCUT2D eigenvalue weighted by Crippen LogP contribution is 2.18. The van der Waals surface area contributed by atoms with E-state index >= 15 is 0 Å². The second kappa shape index (κ2) is 10.7. The summed E-state index contributed by atoms with van der Waals surface area (Å²) in [6.45, 7) is 3.03. The number of carbonyl (C=O) groups excluding carboxylic acids is 1. The fourth-order valence-electron chi connectivity index (χ4n) is 2.13. The van der Waals surface area contributed by atoms with Gasteiger partial charge in [-0.25, -0.2) is 0 Å². The molecule has 1 aromatic rings. The van der Waals surface area contributed by atoms with Crippen LogP contribution in [0, 0.1) is 0 Å². The highest BCUT2D eigenvalue weighted by molar-refractivity contribution is 5.96. The van der Waals surface area contributed by atoms with Gasteiger partial charge in [0, 0.05) is 13.0 Å². The number of benzene rings is 1. The molecular formula is C17H25NO4. The van der Waals surface area contributed by atoms with Gasteiger partial charge < -0.3 is 15.2 Å². The Bertz CT molecular complexity index is 473. The predicted molar refractivity (Wildman–Crippen MR) is 85.3 cm³/mol. The summed E-state index contributed by atoms with van der Waals surface area (Å²) in [4.78, 5) is 22.3. The Labute approximate surface area is 131 Å². The van der Waals surface area contributed by atoms with E-state index in [0.717, 1.165) is 32.1 Å². The quantitative estimate of drug-likeness (QED) is 0.615. The van der Waals surface area contributed by atoms with E-state index in [9.17, 15) is 9.59 Å². The van der Waals surface area contributed by atoms with Crippen molar-refractivity contribution >= 4 is 11.9 Å². The van der Waals surface area contributed by atoms with Crippen molar-refractivity contribution in [2.75, 3.05) is 13.2 Å². The van der Waals surface area contributed by atoms with Crippen LogP contribution in [0.2, 0.25) is 0 Å². The van der Waals surface area contributed by atoms with E-state index in [-0.39, 0.29) is 12.3 Å². The van der Waals surface area contributed by atoms with E-state index in [0.29, 0.717) is 24.5 Å². The topological polar surface area (TPSA) is 75.6 Å². The summed E-state index contributed by atoms with van der Waals surface area (Å²) in [5.74, 6) is -0.239. The predicted octanol–water partition coefficient (Wildman–Crippen LogP) is 3.24. The summed E-state index contributed by atoms with van der Waals surface area (Å²) in [7, 11) is 0. The molecule has 0 aliphatic heterocycles. The van der Waals surface area contributed by atoms with Gasteiger partial charge in [0.2, 0.25) is 0 Å². The lowest BCUT2D eigenvalue weighted by Gasteiger charge is -2.11. The number of hydrogen-bond acceptors (Lipinski definition) is 3. The minimum absolute atomic E-state index is 0.119. The van der Waals surface area contributed by atoms with Gasteiger partial charge in [0.15, 0.2) is 0 Å². The summed E-state index contributed by atoms with van der Waals surface area (Å²) in [6, 6.07) is 7.23. The zero-order valence-corrected chi connectivity index (χ0v) is 13.1. The van der Waals surface area contributed by atoms with Crippen molar-refractivity contribution in [3.05, 3.63) is 29.8 Å². The molecule has 0 unspecified atom stereocenters. The Morgan fingerprint density at radius 2 is 1.77 bits per heavy atom. The van der Waals surface area contributed by atoms with E-state index in [2.05, 4.69) is 5.32 Å². The molecule has 0 bridgehead atoms. The molecule has 0 atom stereocenters. The van der Waals surface area contributed by atoms with E-state index in [1.165, 1.54) is 0 Å². The molecule has 0 saturated heterocycles. The molecule has 0 radical (unpaired) electrons. The molecule has 0 aliphatic carbocycles. The number of carboxylic acid groups (broad SMARTS) is 1. The molecule has 5 heteroatoms. The molecule has 0 aliphatic rings. The van der Waals surface area contributed by atoms with Gasteiger partial charge in [-0.15, -0.1) is 0 Å². The number of rotatable bonds is 11. The van der Waals surface area contributed by atoms with Crippen LogP contribution in [0.1, 0.15) is 55.8 Å². The van der Waals surface area contributed by atoms with Crippen LogP contribution in [0.4, 0.5) is 0 Å². The molecule has 0 fully saturated rings. The Kier molecular flexibility index (Phi) is 8.72. The Balaban J connectivity index is 2.25. The van der Waals surface area contributed by atoms with Crippen LogP contribution < -0.4 is 10.1 Å². The molecule has 2 N–H and O–H groups in total. The lowest BCUT2D eigenvalue weighted by molar-refractivity contribution is -0.137. The van der Waals surface area contributed by atoms with Crippen LogP contribution in [-0.2, 0) is 4.79 Å². The van der Waals surface area contributed by atoms with Gasteiger partial charge in [0.1, 0.15) is 5.75 Å². The molecule has 0 aromatic heterocycles. The zero-order chi connectivity index (χ0) is 16.2. The molecule has 22 heavy (non-hydrogen) atoms. The average Bonchev–Trinajstić information content (AvgIpc) is 2.50. The van der Waals surface area contributed by atoms with Crippen molar-refractivity contribution in [1.29, 1.82) is 0 Å². The Morgan fingerprint density at radius 1 is 1.09 bits per heavy atom. The van der Waals surface area contributed by atoms with Crippen LogP contribution in [0.3, 0.4) is 0 Å². The van der Waals surface area contributed by atoms with Crippen molar-refractivity contribution in [1.82, 2.24) is 5.32 Å². The molecule has 5 nitrogen and oxygen atoms in total. The smallest absolute Gasteiger partial charge is 0.303 e. The molecule has 1 amide bonds. The number of carboxylic acids is 1. The summed E-state index contributed by atoms with van der Waals surface area (Å²) in [5.41, 5.74) is 0.561. The number of carbonyl (C=O) groups is 2. The van der Waals surface area contributed by atoms with Crippen LogP contribution in [0.15, 0.2) is 24.3 Å². The van der Waals surface area contributed by atoms with E-state index in [1.807, 2.05) is 19.1 Å². The number of aliphatic carboxylic acids is 1. The maximum atomic E-state index is 11.9. The van der Waals surface area contributed by atoms with Crippen molar-refractivity contribution in [2.45, 2.75) is 45.4 Å². The van der Waals surface area contributed by atoms with Crippen molar-refractivity contribution < 1.29 is 19.4 Å². The third-order valence-electron chi connectivity index (χ3n) is 3.26. The van der Waals surface area contributed by atoms with E-state index < -0.39 is 5.97 Å². The molecular weight excluding hydrogens is 282 g/mol. The maximum Gasteiger partial charge on any atom is 0.303 e. The molecule has 122 valence electrons. The highest BCUT2D eigenvalue weighted by Gasteiger charge is 2.10. The molecule has 0 saturated carbocycles. The number of para-hydroxylation sites is 1. The maximum absolute atomic E-state index is 11.9. The van der Waals surface area contributed by atoms with Crippen LogP contribution in [0.25, 0.3) is 0 Å². The van der Waals surface area contributed by atoms with Gasteiger partial charge >= 0.3 is 5.97 Å². The normalized spacial score (nSPS) is 10.2. The van der Waals surface area contributed by atoms with Gasteiger partial charge in [0.05, 0.1) is 12.2 Å². The molecule has 1 rings (SSSR count). The number of unbranched alkanes of at least 4 members (excludes halogenated alkanes) is 4. The van der Waals surface area contributed by atoms with Crippen LogP contribution >= 0.6 is 0 Å². The minimum atomic E-state index is -0.731. The van der Waals surface area contributed by atoms with Gasteiger partial charge in [-0.2, -0.15) is 0 Å². The second-order valence-electron chi connectivity index (χ2n) is 5.12. The molecule has 0 spiro atoms. The monoisotopic (exact) mass is 307 g/mol. The lowest BCUT2D eigenvalue weighted by Crippen LogP contribution is -2.23. The summed E-state index contributed by atoms with van der Waals surface area (Å²) < 4.78 is 5.69. The Morgan fingerprint density at radius 3 is 2.50 bits per heavy atom. The zero-order valence-electron chi connectivity index (χ0n) is 13.1. The summed E-state index contributed by atoms with van der Waals surface area (Å²) in [6.07, 6.45) is 4.82. The largest absolute Gasteiger partial charge is 0.493 e. The standard InChI is InChI=1S/C17H25NO4/c1-2-18-17(21)14-10-7-8-11-15(14)22-13-9-5-3-4-6-12-16(19)20/h7-8,10-11H,2-6,9,12-13H2,1H3,(H,18,21)(H,19,20). The third-order valence-corrected chi connectivity index (χ3v) is 3.26. The summed E-state index contributed by atoms with van der Waals surface area (Å²) >= 11 is 0. The minimum Gasteiger partial charge on any atom is -0.493 e. The van der Waals surface area contributed by atoms with Crippen LogP contribution in [0.5, 0.6) is 5.75 Å². The number of ether oxygens (including phenoxy) is 1. The molecule has 0 heterocycles. The first-order valence-electron chi connectivity index (χ1n) is 7.87. The Hall–Kier alpha value is -2.04. The van der Waals surface area contributed by atoms with Gasteiger partial charge in [-0.05, 0) is 31.9 Å². The lowest BCUT2D eigenvalue weighted by atomic mass is 10.1. The molecule has 1 aromatic carbocycles. The van der Waals surface area contributed by atoms with Crippen LogP contribution in [-0.4, -0.2) is 30.1 Å². The number of hydrogen-bond donors (Lipinski definition) is 2. The number of nitrogens with one attached hydrogen (secondary N) is 1. The van der Waals surface area contributed by atoms with Crippen molar-refractivity contribution in [2.24, 2.45) is 0 Å². The SMILES string of the molecule is CCNC(=O)c1ccccc1OCCCCCCCC(=O)O. The fourth-order valence-corrected chi connectivity index (χ4v) is 2.13. The van der Waals surface area contributed by atoms with Gasteiger partial charge in [0.25, 0.3) is 5.91 Å². The third kappa shape index (κ3) is 7.11.